The van der Waals surface area contributed by atoms with Gasteiger partial charge in [-0.05, 0) is 19.1 Å². The first kappa shape index (κ1) is 16.1. The fourth-order valence-electron chi connectivity index (χ4n) is 0.928. The maximum atomic E-state index is 10.5. The summed E-state index contributed by atoms with van der Waals surface area (Å²) in [5, 5.41) is 7.86. The Morgan fingerprint density at radius 1 is 1.28 bits per heavy atom. The van der Waals surface area contributed by atoms with Gasteiger partial charge in [0.05, 0.1) is 5.69 Å². The minimum atomic E-state index is -4.16. The van der Waals surface area contributed by atoms with Gasteiger partial charge >= 0.3 is 5.97 Å². The number of anilines is 1. The molecule has 0 aliphatic rings. The van der Waals surface area contributed by atoms with Crippen molar-refractivity contribution in [1.82, 2.24) is 0 Å². The minimum absolute atomic E-state index is 0.0509. The summed E-state index contributed by atoms with van der Waals surface area (Å²) in [6, 6.07) is 5.72. The van der Waals surface area contributed by atoms with Crippen molar-refractivity contribution in [2.45, 2.75) is 18.2 Å². The van der Waals surface area contributed by atoms with Gasteiger partial charge in [0.15, 0.2) is 0 Å². The first-order valence-electron chi connectivity index (χ1n) is 4.68. The van der Waals surface area contributed by atoms with Crippen molar-refractivity contribution in [2.75, 3.05) is 5.73 Å². The number of ketones is 1. The number of carbonyl (C=O) groups is 2. The van der Waals surface area contributed by atoms with Crippen molar-refractivity contribution < 1.29 is 27.7 Å². The van der Waals surface area contributed by atoms with Crippen LogP contribution in [0.2, 0.25) is 0 Å². The van der Waals surface area contributed by atoms with Gasteiger partial charge in [0.1, 0.15) is 17.1 Å². The van der Waals surface area contributed by atoms with Gasteiger partial charge in [-0.25, -0.2) is 0 Å². The summed E-state index contributed by atoms with van der Waals surface area (Å²) in [5.74, 6) is -1.37. The quantitative estimate of drug-likeness (QED) is 0.416. The number of carboxylic acid groups (broad SMARTS) is 1. The van der Waals surface area contributed by atoms with Gasteiger partial charge < -0.3 is 10.8 Å². The molecule has 7 nitrogen and oxygen atoms in total. The second kappa shape index (κ2) is 6.72. The van der Waals surface area contributed by atoms with E-state index in [1.807, 2.05) is 0 Å². The van der Waals surface area contributed by atoms with Crippen LogP contribution in [0.4, 0.5) is 5.69 Å². The number of hydrogen-bond acceptors (Lipinski definition) is 5. The molecule has 0 saturated heterocycles. The van der Waals surface area contributed by atoms with Crippen molar-refractivity contribution in [3.63, 3.8) is 0 Å². The molecule has 0 saturated carbocycles. The Kier molecular flexibility index (Phi) is 6.00. The standard InChI is InChI=1S/C6H7NO3S.C4H6O3/c7-5-3-1-2-4-6(5)11(8,9)10;1-3(5)2-4(6)7/h1-4H,7H2,(H,8,9,10);2H2,1H3,(H,6,7). The molecule has 1 aromatic carbocycles. The van der Waals surface area contributed by atoms with Gasteiger partial charge in [0.25, 0.3) is 10.1 Å². The second-order valence-corrected chi connectivity index (χ2v) is 4.68. The Bertz CT molecular complexity index is 525. The van der Waals surface area contributed by atoms with E-state index in [-0.39, 0.29) is 22.8 Å². The van der Waals surface area contributed by atoms with Crippen LogP contribution in [0.25, 0.3) is 0 Å². The zero-order chi connectivity index (χ0) is 14.3. The Balaban J connectivity index is 0.000000360. The number of rotatable bonds is 3. The number of nitrogen functional groups attached to an aromatic ring is 1. The van der Waals surface area contributed by atoms with Crippen molar-refractivity contribution in [1.29, 1.82) is 0 Å². The molecule has 0 heterocycles. The monoisotopic (exact) mass is 275 g/mol. The lowest BCUT2D eigenvalue weighted by Crippen LogP contribution is -2.01. The molecule has 0 atom stereocenters. The van der Waals surface area contributed by atoms with E-state index in [9.17, 15) is 18.0 Å². The molecule has 1 aromatic rings. The van der Waals surface area contributed by atoms with Gasteiger partial charge in [0.2, 0.25) is 0 Å². The molecule has 0 aliphatic heterocycles. The molecular formula is C10H13NO6S. The molecule has 0 spiro atoms. The lowest BCUT2D eigenvalue weighted by Gasteiger charge is -1.98. The average Bonchev–Trinajstić information content (AvgIpc) is 2.14. The molecule has 0 unspecified atom stereocenters. The minimum Gasteiger partial charge on any atom is -0.481 e. The van der Waals surface area contributed by atoms with E-state index < -0.39 is 16.1 Å². The first-order valence-corrected chi connectivity index (χ1v) is 6.12. The Morgan fingerprint density at radius 3 is 2.00 bits per heavy atom. The zero-order valence-electron chi connectivity index (χ0n) is 9.53. The average molecular weight is 275 g/mol. The van der Waals surface area contributed by atoms with Gasteiger partial charge in [-0.3, -0.25) is 14.1 Å². The van der Waals surface area contributed by atoms with Crippen LogP contribution in [0.5, 0.6) is 0 Å². The zero-order valence-corrected chi connectivity index (χ0v) is 10.3. The summed E-state index contributed by atoms with van der Waals surface area (Å²) < 4.78 is 29.6. The molecular weight excluding hydrogens is 262 g/mol. The summed E-state index contributed by atoms with van der Waals surface area (Å²) >= 11 is 0. The van der Waals surface area contributed by atoms with E-state index in [0.717, 1.165) is 0 Å². The van der Waals surface area contributed by atoms with Gasteiger partial charge in [-0.15, -0.1) is 0 Å². The Hall–Kier alpha value is -1.93. The molecule has 18 heavy (non-hydrogen) atoms. The smallest absolute Gasteiger partial charge is 0.310 e. The van der Waals surface area contributed by atoms with Crippen LogP contribution in [0.1, 0.15) is 13.3 Å². The summed E-state index contributed by atoms with van der Waals surface area (Å²) in [5.41, 5.74) is 5.32. The van der Waals surface area contributed by atoms with Crippen molar-refractivity contribution in [2.24, 2.45) is 0 Å². The fourth-order valence-corrected chi connectivity index (χ4v) is 1.54. The van der Waals surface area contributed by atoms with Gasteiger partial charge in [0, 0.05) is 0 Å². The lowest BCUT2D eigenvalue weighted by molar-refractivity contribution is -0.139. The summed E-state index contributed by atoms with van der Waals surface area (Å²) in [4.78, 5) is 19.2. The summed E-state index contributed by atoms with van der Waals surface area (Å²) in [6.07, 6.45) is -0.361. The number of aliphatic carboxylic acids is 1. The van der Waals surface area contributed by atoms with Crippen LogP contribution in [0.15, 0.2) is 29.2 Å². The second-order valence-electron chi connectivity index (χ2n) is 3.29. The number of Topliss-reactive ketones (excluding diaryl/α,β-unsaturated/α-hetero) is 1. The SMILES string of the molecule is CC(=O)CC(=O)O.Nc1ccccc1S(=O)(=O)O. The largest absolute Gasteiger partial charge is 0.481 e. The summed E-state index contributed by atoms with van der Waals surface area (Å²) in [7, 11) is -4.16. The molecule has 0 amide bonds. The molecule has 0 radical (unpaired) electrons. The van der Waals surface area contributed by atoms with Crippen LogP contribution in [0, 0.1) is 0 Å². The highest BCUT2D eigenvalue weighted by Crippen LogP contribution is 2.15. The molecule has 0 bridgehead atoms. The van der Waals surface area contributed by atoms with Gasteiger partial charge in [-0.2, -0.15) is 8.42 Å². The number of nitrogens with two attached hydrogens (primary N) is 1. The number of hydrogen-bond donors (Lipinski definition) is 3. The van der Waals surface area contributed by atoms with Crippen LogP contribution < -0.4 is 5.73 Å². The number of para-hydroxylation sites is 1. The van der Waals surface area contributed by atoms with Crippen molar-refractivity contribution >= 4 is 27.6 Å². The Morgan fingerprint density at radius 2 is 1.78 bits per heavy atom. The predicted molar refractivity (Wildman–Crippen MR) is 63.6 cm³/mol. The van der Waals surface area contributed by atoms with E-state index in [2.05, 4.69) is 0 Å². The third-order valence-corrected chi connectivity index (χ3v) is 2.52. The normalized spacial score (nSPS) is 10.1. The molecule has 0 fully saturated rings. The third kappa shape index (κ3) is 6.61. The predicted octanol–water partition coefficient (Wildman–Crippen LogP) is 0.566. The molecule has 100 valence electrons. The number of carbonyl (C=O) groups excluding carboxylic acids is 1. The van der Waals surface area contributed by atoms with E-state index >= 15 is 0 Å². The van der Waals surface area contributed by atoms with E-state index in [0.29, 0.717) is 0 Å². The number of benzene rings is 1. The van der Waals surface area contributed by atoms with Crippen molar-refractivity contribution in [3.05, 3.63) is 24.3 Å². The Labute approximate surface area is 104 Å². The van der Waals surface area contributed by atoms with Crippen LogP contribution in [-0.2, 0) is 19.7 Å². The van der Waals surface area contributed by atoms with E-state index in [4.69, 9.17) is 15.4 Å². The first-order chi connectivity index (χ1) is 8.14. The lowest BCUT2D eigenvalue weighted by atomic mass is 10.3. The molecule has 1 rings (SSSR count). The van der Waals surface area contributed by atoms with Crippen LogP contribution in [0.3, 0.4) is 0 Å². The molecule has 0 aliphatic carbocycles. The maximum Gasteiger partial charge on any atom is 0.310 e. The van der Waals surface area contributed by atoms with Crippen LogP contribution >= 0.6 is 0 Å². The highest BCUT2D eigenvalue weighted by Gasteiger charge is 2.11. The van der Waals surface area contributed by atoms with Gasteiger partial charge in [-0.1, -0.05) is 12.1 Å². The van der Waals surface area contributed by atoms with E-state index in [1.54, 1.807) is 6.07 Å². The highest BCUT2D eigenvalue weighted by molar-refractivity contribution is 7.86. The molecule has 4 N–H and O–H groups in total. The van der Waals surface area contributed by atoms with Crippen molar-refractivity contribution in [3.8, 4) is 0 Å². The maximum absolute atomic E-state index is 10.5. The topological polar surface area (TPSA) is 135 Å². The molecule has 8 heteroatoms. The third-order valence-electron chi connectivity index (χ3n) is 1.60. The summed E-state index contributed by atoms with van der Waals surface area (Å²) in [6.45, 7) is 1.24. The fraction of sp³-hybridized carbons (Fsp3) is 0.200. The van der Waals surface area contributed by atoms with E-state index in [1.165, 1.54) is 25.1 Å². The highest BCUT2D eigenvalue weighted by atomic mass is 32.2. The molecule has 0 aromatic heterocycles. The number of carboxylic acids is 1. The van der Waals surface area contributed by atoms with Crippen LogP contribution in [-0.4, -0.2) is 29.8 Å².